The van der Waals surface area contributed by atoms with E-state index in [4.69, 9.17) is 4.74 Å². The van der Waals surface area contributed by atoms with Crippen LogP contribution in [0.15, 0.2) is 22.2 Å². The van der Waals surface area contributed by atoms with Gasteiger partial charge in [-0.2, -0.15) is 0 Å². The minimum Gasteiger partial charge on any atom is -0.465 e. The maximum Gasteiger partial charge on any atom is 0.312 e. The molecule has 0 N–H and O–H groups in total. The molecule has 0 bridgehead atoms. The zero-order chi connectivity index (χ0) is 26.3. The third-order valence-corrected chi connectivity index (χ3v) is 7.99. The molecule has 1 heterocycles. The molecule has 0 saturated heterocycles. The van der Waals surface area contributed by atoms with Gasteiger partial charge in [-0.1, -0.05) is 90.8 Å². The van der Waals surface area contributed by atoms with Crippen molar-refractivity contribution in [3.8, 4) is 0 Å². The van der Waals surface area contributed by atoms with Crippen LogP contribution in [0.4, 0.5) is 0 Å². The molecule has 1 unspecified atom stereocenters. The van der Waals surface area contributed by atoms with Crippen molar-refractivity contribution in [3.05, 3.63) is 22.6 Å². The summed E-state index contributed by atoms with van der Waals surface area (Å²) >= 11 is 1.70. The van der Waals surface area contributed by atoms with E-state index in [1.54, 1.807) is 22.5 Å². The quantitative estimate of drug-likeness (QED) is 0.0818. The molecule has 0 aromatic carbocycles. The van der Waals surface area contributed by atoms with Gasteiger partial charge in [0.25, 0.3) is 5.56 Å². The van der Waals surface area contributed by atoms with Crippen LogP contribution in [0.1, 0.15) is 125 Å². The fourth-order valence-corrected chi connectivity index (χ4v) is 5.60. The highest BCUT2D eigenvalue weighted by atomic mass is 32.2. The van der Waals surface area contributed by atoms with E-state index < -0.39 is 0 Å². The number of carbonyl (C=O) groups is 1. The Morgan fingerprint density at radius 2 is 1.49 bits per heavy atom. The number of hydrogen-bond donors (Lipinski definition) is 0. The number of unbranched alkanes of at least 4 members (excludes halogenated alkanes) is 9. The highest BCUT2D eigenvalue weighted by Gasteiger charge is 2.38. The number of aromatic nitrogens is 2. The van der Waals surface area contributed by atoms with E-state index in [0.29, 0.717) is 18.4 Å². The van der Waals surface area contributed by atoms with Gasteiger partial charge < -0.3 is 4.74 Å². The van der Waals surface area contributed by atoms with Crippen LogP contribution in [0.25, 0.3) is 0 Å². The Morgan fingerprint density at radius 1 is 0.943 bits per heavy atom. The Morgan fingerprint density at radius 3 is 2.00 bits per heavy atom. The Bertz CT molecular complexity index is 775. The molecule has 35 heavy (non-hydrogen) atoms. The molecule has 1 rings (SSSR count). The van der Waals surface area contributed by atoms with Crippen LogP contribution >= 0.6 is 11.8 Å². The van der Waals surface area contributed by atoms with E-state index in [9.17, 15) is 9.59 Å². The van der Waals surface area contributed by atoms with Crippen LogP contribution in [0.2, 0.25) is 0 Å². The SMILES string of the molecule is CC(C)CC(C)(C(=O)OCCCCCCCCCCCCSc1nccc(=O)n1C(C)C)C(C)C. The maximum atomic E-state index is 12.6. The standard InChI is InChI=1S/C29H52N2O3S/c1-23(2)22-29(7,24(3)4)27(33)34-20-16-14-12-10-8-9-11-13-15-17-21-35-28-30-19-18-26(32)31(28)25(5)6/h18-19,23-25H,8-17,20-22H2,1-7H3. The molecule has 0 aliphatic rings. The van der Waals surface area contributed by atoms with Gasteiger partial charge in [-0.15, -0.1) is 0 Å². The van der Waals surface area contributed by atoms with Gasteiger partial charge in [0.05, 0.1) is 12.0 Å². The first-order valence-corrected chi connectivity index (χ1v) is 15.0. The highest BCUT2D eigenvalue weighted by Crippen LogP contribution is 2.35. The van der Waals surface area contributed by atoms with Crippen LogP contribution in [0, 0.1) is 17.3 Å². The van der Waals surface area contributed by atoms with Crippen molar-refractivity contribution in [2.24, 2.45) is 17.3 Å². The Kier molecular flexibility index (Phi) is 15.6. The van der Waals surface area contributed by atoms with E-state index in [1.165, 1.54) is 57.4 Å². The zero-order valence-corrected chi connectivity index (χ0v) is 24.4. The molecule has 6 heteroatoms. The van der Waals surface area contributed by atoms with Gasteiger partial charge in [-0.3, -0.25) is 14.2 Å². The van der Waals surface area contributed by atoms with E-state index in [2.05, 4.69) is 39.6 Å². The third-order valence-electron chi connectivity index (χ3n) is 6.94. The minimum atomic E-state index is -0.373. The maximum absolute atomic E-state index is 12.6. The summed E-state index contributed by atoms with van der Waals surface area (Å²) in [5.41, 5.74) is -0.337. The highest BCUT2D eigenvalue weighted by molar-refractivity contribution is 7.99. The molecule has 0 spiro atoms. The van der Waals surface area contributed by atoms with Crippen molar-refractivity contribution < 1.29 is 9.53 Å². The Labute approximate surface area is 219 Å². The first-order chi connectivity index (χ1) is 16.6. The molecule has 0 saturated carbocycles. The average molecular weight is 509 g/mol. The molecule has 1 atom stereocenters. The van der Waals surface area contributed by atoms with Gasteiger partial charge >= 0.3 is 5.97 Å². The Hall–Kier alpha value is -1.30. The fourth-order valence-electron chi connectivity index (χ4n) is 4.50. The number of ether oxygens (including phenoxy) is 1. The van der Waals surface area contributed by atoms with Gasteiger partial charge in [0.1, 0.15) is 0 Å². The smallest absolute Gasteiger partial charge is 0.312 e. The number of rotatable bonds is 19. The summed E-state index contributed by atoms with van der Waals surface area (Å²) < 4.78 is 7.43. The summed E-state index contributed by atoms with van der Waals surface area (Å²) in [6.07, 6.45) is 14.7. The predicted molar refractivity (Wildman–Crippen MR) is 149 cm³/mol. The molecule has 1 aromatic heterocycles. The first-order valence-electron chi connectivity index (χ1n) is 14.0. The van der Waals surface area contributed by atoms with Crippen LogP contribution in [0.5, 0.6) is 0 Å². The summed E-state index contributed by atoms with van der Waals surface area (Å²) in [4.78, 5) is 29.0. The van der Waals surface area contributed by atoms with Crippen molar-refractivity contribution in [1.82, 2.24) is 9.55 Å². The number of hydrogen-bond acceptors (Lipinski definition) is 5. The van der Waals surface area contributed by atoms with Gasteiger partial charge in [0, 0.05) is 24.1 Å². The summed E-state index contributed by atoms with van der Waals surface area (Å²) in [6, 6.07) is 1.68. The molecule has 1 aromatic rings. The van der Waals surface area contributed by atoms with Gasteiger partial charge in [-0.25, -0.2) is 4.98 Å². The molecule has 0 aliphatic heterocycles. The van der Waals surface area contributed by atoms with E-state index in [1.807, 2.05) is 13.8 Å². The number of esters is 1. The molecule has 5 nitrogen and oxygen atoms in total. The van der Waals surface area contributed by atoms with Crippen LogP contribution < -0.4 is 5.56 Å². The normalized spacial score (nSPS) is 13.5. The van der Waals surface area contributed by atoms with Gasteiger partial charge in [-0.05, 0) is 51.9 Å². The largest absolute Gasteiger partial charge is 0.465 e. The topological polar surface area (TPSA) is 61.2 Å². The van der Waals surface area contributed by atoms with E-state index in [0.717, 1.165) is 30.2 Å². The monoisotopic (exact) mass is 508 g/mol. The van der Waals surface area contributed by atoms with Crippen molar-refractivity contribution in [1.29, 1.82) is 0 Å². The second-order valence-electron chi connectivity index (χ2n) is 11.2. The summed E-state index contributed by atoms with van der Waals surface area (Å²) in [7, 11) is 0. The second-order valence-corrected chi connectivity index (χ2v) is 12.3. The fraction of sp³-hybridized carbons (Fsp3) is 0.828. The molecular weight excluding hydrogens is 456 g/mol. The molecule has 0 radical (unpaired) electrons. The first kappa shape index (κ1) is 31.7. The van der Waals surface area contributed by atoms with Gasteiger partial charge in [0.2, 0.25) is 0 Å². The lowest BCUT2D eigenvalue weighted by Crippen LogP contribution is -2.36. The summed E-state index contributed by atoms with van der Waals surface area (Å²) in [5, 5.41) is 0.840. The van der Waals surface area contributed by atoms with Crippen molar-refractivity contribution >= 4 is 17.7 Å². The second kappa shape index (κ2) is 17.2. The average Bonchev–Trinajstić information content (AvgIpc) is 2.78. The zero-order valence-electron chi connectivity index (χ0n) is 23.6. The number of thioether (sulfide) groups is 1. The lowest BCUT2D eigenvalue weighted by Gasteiger charge is -2.32. The lowest BCUT2D eigenvalue weighted by atomic mass is 9.73. The summed E-state index contributed by atoms with van der Waals surface area (Å²) in [5.74, 6) is 1.78. The van der Waals surface area contributed by atoms with Crippen molar-refractivity contribution in [3.63, 3.8) is 0 Å². The molecule has 0 aliphatic carbocycles. The third kappa shape index (κ3) is 12.0. The van der Waals surface area contributed by atoms with Crippen LogP contribution in [0.3, 0.4) is 0 Å². The lowest BCUT2D eigenvalue weighted by molar-refractivity contribution is -0.159. The predicted octanol–water partition coefficient (Wildman–Crippen LogP) is 8.07. The Balaban J connectivity index is 2.02. The van der Waals surface area contributed by atoms with E-state index >= 15 is 0 Å². The van der Waals surface area contributed by atoms with Crippen LogP contribution in [-0.2, 0) is 9.53 Å². The molecule has 202 valence electrons. The summed E-state index contributed by atoms with van der Waals surface area (Å²) in [6.45, 7) is 15.3. The van der Waals surface area contributed by atoms with E-state index in [-0.39, 0.29) is 23.0 Å². The molecular formula is C29H52N2O3S. The van der Waals surface area contributed by atoms with Crippen molar-refractivity contribution in [2.45, 2.75) is 130 Å². The number of nitrogens with zero attached hydrogens (tertiary/aromatic N) is 2. The minimum absolute atomic E-state index is 0.0195. The van der Waals surface area contributed by atoms with Gasteiger partial charge in [0.15, 0.2) is 5.16 Å². The number of carbonyl (C=O) groups excluding carboxylic acids is 1. The van der Waals surface area contributed by atoms with Crippen LogP contribution in [-0.4, -0.2) is 27.9 Å². The molecule has 0 amide bonds. The molecule has 0 fully saturated rings. The van der Waals surface area contributed by atoms with Crippen molar-refractivity contribution in [2.75, 3.05) is 12.4 Å².